The van der Waals surface area contributed by atoms with Gasteiger partial charge >= 0.3 is 0 Å². The maximum atomic E-state index is 12.0. The first-order valence-electron chi connectivity index (χ1n) is 11.6. The number of pyridine rings is 1. The second-order valence-electron chi connectivity index (χ2n) is 8.91. The fourth-order valence-corrected chi connectivity index (χ4v) is 4.63. The van der Waals surface area contributed by atoms with Crippen molar-refractivity contribution in [2.75, 3.05) is 13.2 Å². The van der Waals surface area contributed by atoms with Crippen molar-refractivity contribution in [1.82, 2.24) is 14.1 Å². The minimum atomic E-state index is -0.0451. The van der Waals surface area contributed by atoms with Crippen molar-refractivity contribution in [2.24, 2.45) is 7.05 Å². The molecule has 0 radical (unpaired) electrons. The molecule has 2 aromatic heterocycles. The Hall–Kier alpha value is -3.38. The number of imidazole rings is 1. The Balaban J connectivity index is 1.75. The van der Waals surface area contributed by atoms with Gasteiger partial charge in [-0.3, -0.25) is 4.79 Å². The molecule has 6 nitrogen and oxygen atoms in total. The van der Waals surface area contributed by atoms with Crippen molar-refractivity contribution < 1.29 is 9.47 Å². The van der Waals surface area contributed by atoms with E-state index in [0.29, 0.717) is 11.7 Å². The molecule has 1 aliphatic rings. The van der Waals surface area contributed by atoms with Crippen LogP contribution in [0.4, 0.5) is 0 Å². The van der Waals surface area contributed by atoms with Crippen LogP contribution in [0.3, 0.4) is 0 Å². The van der Waals surface area contributed by atoms with E-state index in [1.54, 1.807) is 17.7 Å². The molecule has 5 rings (SSSR count). The lowest BCUT2D eigenvalue weighted by Crippen LogP contribution is -2.18. The molecule has 0 atom stereocenters. The number of aryl methyl sites for hydroxylation is 1. The minimum absolute atomic E-state index is 0.0451. The van der Waals surface area contributed by atoms with Gasteiger partial charge in [0, 0.05) is 55.6 Å². The summed E-state index contributed by atoms with van der Waals surface area (Å²) in [7, 11) is 1.76. The number of para-hydroxylation sites is 1. The van der Waals surface area contributed by atoms with E-state index in [1.807, 2.05) is 42.6 Å². The average molecular weight is 444 g/mol. The molecule has 0 amide bonds. The van der Waals surface area contributed by atoms with Gasteiger partial charge in [0.15, 0.2) is 5.75 Å². The zero-order valence-electron chi connectivity index (χ0n) is 19.3. The van der Waals surface area contributed by atoms with Crippen molar-refractivity contribution in [3.63, 3.8) is 0 Å². The van der Waals surface area contributed by atoms with Crippen LogP contribution in [-0.4, -0.2) is 27.3 Å². The summed E-state index contributed by atoms with van der Waals surface area (Å²) in [6.45, 7) is 5.93. The van der Waals surface area contributed by atoms with Crippen LogP contribution >= 0.6 is 0 Å². The van der Waals surface area contributed by atoms with Crippen LogP contribution in [0.25, 0.3) is 22.2 Å². The number of fused-ring (bicyclic) bond motifs is 1. The van der Waals surface area contributed by atoms with Gasteiger partial charge in [0.25, 0.3) is 0 Å². The molecule has 1 saturated heterocycles. The van der Waals surface area contributed by atoms with Crippen LogP contribution in [0.1, 0.15) is 44.5 Å². The molecule has 1 fully saturated rings. The third kappa shape index (κ3) is 4.07. The summed E-state index contributed by atoms with van der Waals surface area (Å²) in [6, 6.07) is 17.7. The first kappa shape index (κ1) is 21.5. The molecular formula is C27H29N3O3. The van der Waals surface area contributed by atoms with Gasteiger partial charge in [-0.25, -0.2) is 4.98 Å². The second-order valence-corrected chi connectivity index (χ2v) is 8.91. The Bertz CT molecular complexity index is 1330. The number of hydrogen-bond donors (Lipinski definition) is 0. The van der Waals surface area contributed by atoms with Gasteiger partial charge in [-0.2, -0.15) is 0 Å². The van der Waals surface area contributed by atoms with Crippen LogP contribution in [0.5, 0.6) is 11.5 Å². The molecule has 0 N–H and O–H groups in total. The van der Waals surface area contributed by atoms with Crippen molar-refractivity contribution in [1.29, 1.82) is 0 Å². The largest absolute Gasteiger partial charge is 0.454 e. The smallest absolute Gasteiger partial charge is 0.250 e. The van der Waals surface area contributed by atoms with Crippen LogP contribution in [0, 0.1) is 0 Å². The number of ether oxygens (including phenoxy) is 2. The maximum absolute atomic E-state index is 12.0. The van der Waals surface area contributed by atoms with Gasteiger partial charge in [0.1, 0.15) is 17.1 Å². The lowest BCUT2D eigenvalue weighted by Gasteiger charge is -2.24. The summed E-state index contributed by atoms with van der Waals surface area (Å²) in [6.07, 6.45) is 3.79. The van der Waals surface area contributed by atoms with E-state index in [2.05, 4.69) is 30.5 Å². The predicted molar refractivity (Wildman–Crippen MR) is 130 cm³/mol. The second kappa shape index (κ2) is 8.87. The zero-order valence-corrected chi connectivity index (χ0v) is 19.3. The van der Waals surface area contributed by atoms with Crippen molar-refractivity contribution >= 4 is 11.0 Å². The van der Waals surface area contributed by atoms with E-state index in [9.17, 15) is 4.79 Å². The van der Waals surface area contributed by atoms with Gasteiger partial charge < -0.3 is 18.6 Å². The number of rotatable bonds is 5. The molecule has 2 aromatic carbocycles. The van der Waals surface area contributed by atoms with E-state index in [-0.39, 0.29) is 11.6 Å². The van der Waals surface area contributed by atoms with E-state index in [1.165, 1.54) is 0 Å². The number of benzene rings is 2. The molecule has 0 unspecified atom stereocenters. The first-order valence-corrected chi connectivity index (χ1v) is 11.6. The zero-order chi connectivity index (χ0) is 22.9. The summed E-state index contributed by atoms with van der Waals surface area (Å²) in [5.41, 5.74) is 3.69. The highest BCUT2D eigenvalue weighted by atomic mass is 16.5. The van der Waals surface area contributed by atoms with Crippen LogP contribution in [0.2, 0.25) is 0 Å². The van der Waals surface area contributed by atoms with Gasteiger partial charge in [0.2, 0.25) is 5.56 Å². The van der Waals surface area contributed by atoms with Crippen molar-refractivity contribution in [2.45, 2.75) is 38.6 Å². The Kier molecular flexibility index (Phi) is 5.77. The molecule has 4 aromatic rings. The maximum Gasteiger partial charge on any atom is 0.250 e. The van der Waals surface area contributed by atoms with Gasteiger partial charge in [-0.05, 0) is 57.0 Å². The standard InChI is InChI=1S/C27H29N3O3/c1-18(2)30-23-11-10-22(20-9-12-24(31)29(3)17-20)26(33-21-7-5-4-6-8-21)25(23)28-27(30)19-13-15-32-16-14-19/h4-12,17-19H,13-16H2,1-3H3. The Labute approximate surface area is 193 Å². The molecule has 6 heteroatoms. The van der Waals surface area contributed by atoms with Gasteiger partial charge in [-0.1, -0.05) is 18.2 Å². The minimum Gasteiger partial charge on any atom is -0.454 e. The van der Waals surface area contributed by atoms with Gasteiger partial charge in [-0.15, -0.1) is 0 Å². The normalized spacial score (nSPS) is 14.8. The lowest BCUT2D eigenvalue weighted by molar-refractivity contribution is 0.0827. The fraction of sp³-hybridized carbons (Fsp3) is 0.333. The van der Waals surface area contributed by atoms with Crippen molar-refractivity contribution in [3.05, 3.63) is 77.0 Å². The van der Waals surface area contributed by atoms with E-state index >= 15 is 0 Å². The molecule has 0 aliphatic carbocycles. The molecule has 3 heterocycles. The van der Waals surface area contributed by atoms with E-state index in [4.69, 9.17) is 14.5 Å². The summed E-state index contributed by atoms with van der Waals surface area (Å²) < 4.78 is 16.0. The number of nitrogens with zero attached hydrogens (tertiary/aromatic N) is 3. The quantitative estimate of drug-likeness (QED) is 0.399. The molecule has 0 saturated carbocycles. The third-order valence-electron chi connectivity index (χ3n) is 6.31. The molecular weight excluding hydrogens is 414 g/mol. The Morgan fingerprint density at radius 3 is 2.48 bits per heavy atom. The monoisotopic (exact) mass is 443 g/mol. The molecule has 0 bridgehead atoms. The van der Waals surface area contributed by atoms with E-state index in [0.717, 1.165) is 59.8 Å². The summed E-state index contributed by atoms with van der Waals surface area (Å²) in [5.74, 6) is 2.92. The first-order chi connectivity index (χ1) is 16.0. The average Bonchev–Trinajstić information content (AvgIpc) is 3.23. The lowest BCUT2D eigenvalue weighted by atomic mass is 9.99. The topological polar surface area (TPSA) is 58.3 Å². The third-order valence-corrected chi connectivity index (χ3v) is 6.31. The van der Waals surface area contributed by atoms with Crippen molar-refractivity contribution in [3.8, 4) is 22.6 Å². The van der Waals surface area contributed by atoms with Crippen LogP contribution < -0.4 is 10.3 Å². The summed E-state index contributed by atoms with van der Waals surface area (Å²) in [5, 5.41) is 0. The van der Waals surface area contributed by atoms with Crippen LogP contribution in [-0.2, 0) is 11.8 Å². The highest BCUT2D eigenvalue weighted by molar-refractivity contribution is 5.91. The summed E-state index contributed by atoms with van der Waals surface area (Å²) in [4.78, 5) is 17.2. The summed E-state index contributed by atoms with van der Waals surface area (Å²) >= 11 is 0. The highest BCUT2D eigenvalue weighted by Crippen LogP contribution is 2.42. The van der Waals surface area contributed by atoms with Gasteiger partial charge in [0.05, 0.1) is 5.52 Å². The molecule has 1 aliphatic heterocycles. The van der Waals surface area contributed by atoms with Crippen LogP contribution in [0.15, 0.2) is 65.6 Å². The number of aromatic nitrogens is 3. The number of hydrogen-bond acceptors (Lipinski definition) is 4. The molecule has 33 heavy (non-hydrogen) atoms. The molecule has 170 valence electrons. The fourth-order valence-electron chi connectivity index (χ4n) is 4.63. The molecule has 0 spiro atoms. The SMILES string of the molecule is CC(C)n1c(C2CCOCC2)nc2c(Oc3ccccc3)c(-c3ccc(=O)n(C)c3)ccc21. The van der Waals surface area contributed by atoms with E-state index < -0.39 is 0 Å². The Morgan fingerprint density at radius 1 is 1.03 bits per heavy atom. The highest BCUT2D eigenvalue weighted by Gasteiger charge is 2.26. The predicted octanol–water partition coefficient (Wildman–Crippen LogP) is 5.67. The Morgan fingerprint density at radius 2 is 1.79 bits per heavy atom.